The van der Waals surface area contributed by atoms with E-state index in [9.17, 15) is 22.0 Å². The number of rotatable bonds is 5. The Hall–Kier alpha value is -1.93. The summed E-state index contributed by atoms with van der Waals surface area (Å²) in [5, 5.41) is 0. The molecule has 0 fully saturated rings. The van der Waals surface area contributed by atoms with Crippen LogP contribution in [0, 0.1) is 0 Å². The summed E-state index contributed by atoms with van der Waals surface area (Å²) in [4.78, 5) is 7.05. The maximum atomic E-state index is 13.5. The van der Waals surface area contributed by atoms with Crippen molar-refractivity contribution in [2.75, 3.05) is 13.2 Å². The molecular weight excluding hydrogens is 287 g/mol. The molecule has 0 aromatic carbocycles. The van der Waals surface area contributed by atoms with Crippen molar-refractivity contribution in [2.45, 2.75) is 20.0 Å². The molecule has 0 radical (unpaired) electrons. The molecule has 0 aliphatic heterocycles. The Morgan fingerprint density at radius 2 is 1.75 bits per heavy atom. The molecule has 1 aromatic heterocycles. The van der Waals surface area contributed by atoms with Gasteiger partial charge in [0.05, 0.1) is 18.8 Å². The molecule has 0 unspecified atom stereocenters. The Morgan fingerprint density at radius 3 is 2.25 bits per heavy atom. The fourth-order valence-electron chi connectivity index (χ4n) is 1.19. The van der Waals surface area contributed by atoms with Gasteiger partial charge in [0.1, 0.15) is 0 Å². The standard InChI is InChI=1S/C11H11F5N2O2/c1-3-19-9-6(5-17-10(18-9)20-4-2)7(12)8(13)11(14,15)16/h5H,3-4H2,1-2H3/b8-7+. The SMILES string of the molecule is CCOc1ncc(/C(F)=C(\F)C(F)(F)F)c(OCC)n1. The van der Waals surface area contributed by atoms with E-state index in [0.717, 1.165) is 0 Å². The van der Waals surface area contributed by atoms with Gasteiger partial charge in [-0.3, -0.25) is 0 Å². The molecule has 0 atom stereocenters. The van der Waals surface area contributed by atoms with Crippen LogP contribution in [0.5, 0.6) is 11.9 Å². The first-order chi connectivity index (χ1) is 9.31. The maximum Gasteiger partial charge on any atom is 0.445 e. The quantitative estimate of drug-likeness (QED) is 0.781. The molecule has 0 bridgehead atoms. The van der Waals surface area contributed by atoms with Crippen LogP contribution in [0.4, 0.5) is 22.0 Å². The summed E-state index contributed by atoms with van der Waals surface area (Å²) in [5.41, 5.74) is -0.829. The van der Waals surface area contributed by atoms with E-state index in [1.165, 1.54) is 6.92 Å². The monoisotopic (exact) mass is 298 g/mol. The van der Waals surface area contributed by atoms with Gasteiger partial charge in [-0.2, -0.15) is 22.5 Å². The van der Waals surface area contributed by atoms with E-state index in [1.54, 1.807) is 6.92 Å². The normalized spacial score (nSPS) is 12.9. The number of ether oxygens (including phenoxy) is 2. The Balaban J connectivity index is 3.30. The molecular formula is C11H11F5N2O2. The first-order valence-electron chi connectivity index (χ1n) is 5.56. The zero-order valence-electron chi connectivity index (χ0n) is 10.6. The lowest BCUT2D eigenvalue weighted by Crippen LogP contribution is -2.10. The highest BCUT2D eigenvalue weighted by Crippen LogP contribution is 2.36. The minimum absolute atomic E-state index is 0.00348. The van der Waals surface area contributed by atoms with Crippen molar-refractivity contribution in [3.63, 3.8) is 0 Å². The van der Waals surface area contributed by atoms with E-state index >= 15 is 0 Å². The molecule has 1 heterocycles. The van der Waals surface area contributed by atoms with Crippen LogP contribution >= 0.6 is 0 Å². The highest BCUT2D eigenvalue weighted by molar-refractivity contribution is 5.65. The lowest BCUT2D eigenvalue weighted by Gasteiger charge is -2.10. The third-order valence-corrected chi connectivity index (χ3v) is 1.96. The van der Waals surface area contributed by atoms with Crippen LogP contribution in [0.1, 0.15) is 19.4 Å². The first-order valence-corrected chi connectivity index (χ1v) is 5.56. The molecule has 0 saturated carbocycles. The van der Waals surface area contributed by atoms with Crippen LogP contribution in [0.2, 0.25) is 0 Å². The highest BCUT2D eigenvalue weighted by Gasteiger charge is 2.39. The van der Waals surface area contributed by atoms with Gasteiger partial charge in [-0.1, -0.05) is 0 Å². The third kappa shape index (κ3) is 3.78. The second-order valence-corrected chi connectivity index (χ2v) is 3.36. The first kappa shape index (κ1) is 16.1. The lowest BCUT2D eigenvalue weighted by atomic mass is 10.2. The van der Waals surface area contributed by atoms with Crippen LogP contribution in [0.15, 0.2) is 12.0 Å². The van der Waals surface area contributed by atoms with E-state index in [1.807, 2.05) is 0 Å². The van der Waals surface area contributed by atoms with Crippen molar-refractivity contribution in [2.24, 2.45) is 0 Å². The van der Waals surface area contributed by atoms with Gasteiger partial charge >= 0.3 is 12.2 Å². The fourth-order valence-corrected chi connectivity index (χ4v) is 1.19. The average molecular weight is 298 g/mol. The van der Waals surface area contributed by atoms with Crippen LogP contribution in [0.3, 0.4) is 0 Å². The van der Waals surface area contributed by atoms with Gasteiger partial charge in [0.15, 0.2) is 5.83 Å². The summed E-state index contributed by atoms with van der Waals surface area (Å²) in [7, 11) is 0. The number of halogens is 5. The number of allylic oxidation sites excluding steroid dienone is 1. The molecule has 0 spiro atoms. The Kier molecular flexibility index (Phi) is 5.23. The molecule has 1 aromatic rings. The van der Waals surface area contributed by atoms with Crippen molar-refractivity contribution < 1.29 is 31.4 Å². The molecule has 0 aliphatic carbocycles. The molecule has 0 aliphatic rings. The number of hydrogen-bond donors (Lipinski definition) is 0. The minimum atomic E-state index is -5.44. The second kappa shape index (κ2) is 6.49. The summed E-state index contributed by atoms with van der Waals surface area (Å²) in [5.74, 6) is -5.53. The van der Waals surface area contributed by atoms with Crippen molar-refractivity contribution in [1.82, 2.24) is 9.97 Å². The molecule has 4 nitrogen and oxygen atoms in total. The number of alkyl halides is 3. The van der Waals surface area contributed by atoms with E-state index in [0.29, 0.717) is 6.20 Å². The average Bonchev–Trinajstić information content (AvgIpc) is 2.37. The van der Waals surface area contributed by atoms with Crippen LogP contribution in [-0.4, -0.2) is 29.4 Å². The van der Waals surface area contributed by atoms with Crippen LogP contribution in [-0.2, 0) is 0 Å². The third-order valence-electron chi connectivity index (χ3n) is 1.96. The van der Waals surface area contributed by atoms with Crippen molar-refractivity contribution in [1.29, 1.82) is 0 Å². The lowest BCUT2D eigenvalue weighted by molar-refractivity contribution is -0.108. The predicted molar refractivity (Wildman–Crippen MR) is 59.6 cm³/mol. The van der Waals surface area contributed by atoms with Crippen molar-refractivity contribution >= 4 is 5.83 Å². The predicted octanol–water partition coefficient (Wildman–Crippen LogP) is 3.44. The number of aromatic nitrogens is 2. The zero-order chi connectivity index (χ0) is 15.3. The van der Waals surface area contributed by atoms with Gasteiger partial charge in [0.2, 0.25) is 11.7 Å². The Bertz CT molecular complexity index is 502. The number of nitrogens with zero attached hydrogens (tertiary/aromatic N) is 2. The van der Waals surface area contributed by atoms with E-state index in [-0.39, 0.29) is 19.2 Å². The summed E-state index contributed by atoms with van der Waals surface area (Å²) in [6, 6.07) is -0.208. The largest absolute Gasteiger partial charge is 0.477 e. The molecule has 0 saturated heterocycles. The summed E-state index contributed by atoms with van der Waals surface area (Å²) in [6.07, 6.45) is -4.77. The van der Waals surface area contributed by atoms with Gasteiger partial charge in [-0.25, -0.2) is 9.37 Å². The van der Waals surface area contributed by atoms with Gasteiger partial charge in [0, 0.05) is 6.20 Å². The fraction of sp³-hybridized carbons (Fsp3) is 0.455. The van der Waals surface area contributed by atoms with Crippen molar-refractivity contribution in [3.8, 4) is 11.9 Å². The molecule has 112 valence electrons. The van der Waals surface area contributed by atoms with E-state index < -0.39 is 29.3 Å². The van der Waals surface area contributed by atoms with Gasteiger partial charge in [-0.15, -0.1) is 0 Å². The molecule has 0 amide bonds. The van der Waals surface area contributed by atoms with Crippen LogP contribution < -0.4 is 9.47 Å². The summed E-state index contributed by atoms with van der Waals surface area (Å²) < 4.78 is 72.5. The minimum Gasteiger partial charge on any atom is -0.477 e. The van der Waals surface area contributed by atoms with Gasteiger partial charge in [0.25, 0.3) is 0 Å². The Morgan fingerprint density at radius 1 is 1.15 bits per heavy atom. The molecule has 9 heteroatoms. The van der Waals surface area contributed by atoms with Crippen molar-refractivity contribution in [3.05, 3.63) is 17.6 Å². The second-order valence-electron chi connectivity index (χ2n) is 3.36. The van der Waals surface area contributed by atoms with Gasteiger partial charge in [-0.05, 0) is 13.8 Å². The summed E-state index contributed by atoms with van der Waals surface area (Å²) in [6.45, 7) is 3.33. The topological polar surface area (TPSA) is 44.2 Å². The highest BCUT2D eigenvalue weighted by atomic mass is 19.4. The molecule has 1 rings (SSSR count). The summed E-state index contributed by atoms with van der Waals surface area (Å²) >= 11 is 0. The molecule has 20 heavy (non-hydrogen) atoms. The Labute approximate surface area is 111 Å². The van der Waals surface area contributed by atoms with Crippen LogP contribution in [0.25, 0.3) is 5.83 Å². The maximum absolute atomic E-state index is 13.5. The van der Waals surface area contributed by atoms with E-state index in [4.69, 9.17) is 9.47 Å². The zero-order valence-corrected chi connectivity index (χ0v) is 10.6. The van der Waals surface area contributed by atoms with Gasteiger partial charge < -0.3 is 9.47 Å². The van der Waals surface area contributed by atoms with E-state index in [2.05, 4.69) is 9.97 Å². The smallest absolute Gasteiger partial charge is 0.445 e. The molecule has 0 N–H and O–H groups in total. The number of hydrogen-bond acceptors (Lipinski definition) is 4.